The topological polar surface area (TPSA) is 40.8 Å². The zero-order valence-corrected chi connectivity index (χ0v) is 19.2. The first-order chi connectivity index (χ1) is 15.0. The van der Waals surface area contributed by atoms with Gasteiger partial charge in [0.2, 0.25) is 5.91 Å². The molecule has 3 heterocycles. The monoisotopic (exact) mass is 438 g/mol. The molecule has 0 aliphatic carbocycles. The number of hydrogen-bond acceptors (Lipinski definition) is 3. The normalized spacial score (nSPS) is 14.4. The lowest BCUT2D eigenvalue weighted by Crippen LogP contribution is -2.39. The number of benzene rings is 1. The zero-order chi connectivity index (χ0) is 21.8. The third kappa shape index (κ3) is 5.10. The van der Waals surface area contributed by atoms with Crippen molar-refractivity contribution in [2.75, 3.05) is 32.7 Å². The molecule has 164 valence electrons. The maximum absolute atomic E-state index is 13.4. The average molecular weight is 439 g/mol. The molecule has 0 saturated carbocycles. The van der Waals surface area contributed by atoms with Gasteiger partial charge in [0.1, 0.15) is 5.65 Å². The number of fused-ring (bicyclic) bond motifs is 1. The van der Waals surface area contributed by atoms with E-state index in [9.17, 15) is 4.79 Å². The van der Waals surface area contributed by atoms with Crippen LogP contribution in [0.5, 0.6) is 0 Å². The molecule has 0 atom stereocenters. The predicted molar refractivity (Wildman–Crippen MR) is 127 cm³/mol. The molecule has 2 aromatic heterocycles. The van der Waals surface area contributed by atoms with Gasteiger partial charge in [-0.05, 0) is 51.4 Å². The van der Waals surface area contributed by atoms with E-state index in [1.165, 1.54) is 18.4 Å². The van der Waals surface area contributed by atoms with Gasteiger partial charge >= 0.3 is 0 Å². The Morgan fingerprint density at radius 3 is 2.55 bits per heavy atom. The van der Waals surface area contributed by atoms with Gasteiger partial charge in [0.15, 0.2) is 0 Å². The van der Waals surface area contributed by atoms with Crippen molar-refractivity contribution in [3.63, 3.8) is 0 Å². The van der Waals surface area contributed by atoms with Crippen molar-refractivity contribution in [3.05, 3.63) is 58.9 Å². The Kier molecular flexibility index (Phi) is 6.93. The number of carbonyl (C=O) groups excluding carboxylic acids is 1. The Bertz CT molecular complexity index is 1040. The van der Waals surface area contributed by atoms with Crippen LogP contribution in [0.4, 0.5) is 0 Å². The molecule has 31 heavy (non-hydrogen) atoms. The molecule has 0 unspecified atom stereocenters. The minimum atomic E-state index is 0.149. The van der Waals surface area contributed by atoms with Crippen LogP contribution in [-0.2, 0) is 11.2 Å². The number of aryl methyl sites for hydroxylation is 1. The zero-order valence-electron chi connectivity index (χ0n) is 18.5. The van der Waals surface area contributed by atoms with Gasteiger partial charge in [0.05, 0.1) is 22.8 Å². The molecule has 0 bridgehead atoms. The molecule has 1 fully saturated rings. The van der Waals surface area contributed by atoms with Crippen LogP contribution < -0.4 is 0 Å². The fraction of sp³-hybridized carbons (Fsp3) is 0.440. The summed E-state index contributed by atoms with van der Waals surface area (Å²) in [4.78, 5) is 22.7. The highest BCUT2D eigenvalue weighted by Gasteiger charge is 2.22. The highest BCUT2D eigenvalue weighted by Crippen LogP contribution is 2.27. The number of hydrogen-bond donors (Lipinski definition) is 0. The minimum absolute atomic E-state index is 0.149. The summed E-state index contributed by atoms with van der Waals surface area (Å²) in [5.41, 5.74) is 4.78. The second-order valence-corrected chi connectivity index (χ2v) is 8.89. The number of imidazole rings is 1. The second kappa shape index (κ2) is 9.84. The lowest BCUT2D eigenvalue weighted by molar-refractivity contribution is -0.130. The van der Waals surface area contributed by atoms with Crippen LogP contribution in [0.15, 0.2) is 42.6 Å². The molecular formula is C25H31ClN4O. The number of nitrogens with zero attached hydrogens (tertiary/aromatic N) is 4. The van der Waals surface area contributed by atoms with Gasteiger partial charge in [-0.1, -0.05) is 48.4 Å². The molecule has 4 rings (SSSR count). The largest absolute Gasteiger partial charge is 0.341 e. The highest BCUT2D eigenvalue weighted by molar-refractivity contribution is 6.30. The summed E-state index contributed by atoms with van der Waals surface area (Å²) in [7, 11) is 0. The Labute approximate surface area is 189 Å². The van der Waals surface area contributed by atoms with Gasteiger partial charge in [0.25, 0.3) is 0 Å². The van der Waals surface area contributed by atoms with E-state index >= 15 is 0 Å². The third-order valence-electron chi connectivity index (χ3n) is 6.06. The van der Waals surface area contributed by atoms with Gasteiger partial charge in [-0.25, -0.2) is 4.98 Å². The molecule has 3 aromatic rings. The van der Waals surface area contributed by atoms with Gasteiger partial charge in [-0.2, -0.15) is 0 Å². The Morgan fingerprint density at radius 2 is 1.84 bits per heavy atom. The molecular weight excluding hydrogens is 408 g/mol. The first kappa shape index (κ1) is 21.8. The van der Waals surface area contributed by atoms with E-state index in [0.717, 1.165) is 61.7 Å². The maximum Gasteiger partial charge on any atom is 0.228 e. The number of likely N-dealkylation sites (tertiary alicyclic amines) is 1. The lowest BCUT2D eigenvalue weighted by atomic mass is 10.1. The standard InChI is InChI=1S/C25H31ClN4O/c1-3-12-29(16-15-28-13-4-5-14-28)24(31)17-22-25(20-8-6-19(2)7-9-20)27-23-11-10-21(26)18-30(22)23/h6-11,18H,3-5,12-17H2,1-2H3. The fourth-order valence-corrected chi connectivity index (χ4v) is 4.49. The molecule has 0 N–H and O–H groups in total. The first-order valence-electron chi connectivity index (χ1n) is 11.3. The minimum Gasteiger partial charge on any atom is -0.341 e. The Balaban J connectivity index is 1.63. The van der Waals surface area contributed by atoms with E-state index < -0.39 is 0 Å². The average Bonchev–Trinajstić information content (AvgIpc) is 3.40. The number of pyridine rings is 1. The molecule has 0 radical (unpaired) electrons. The van der Waals surface area contributed by atoms with E-state index in [-0.39, 0.29) is 5.91 Å². The smallest absolute Gasteiger partial charge is 0.228 e. The quantitative estimate of drug-likeness (QED) is 0.505. The van der Waals surface area contributed by atoms with Crippen molar-refractivity contribution in [2.24, 2.45) is 0 Å². The van der Waals surface area contributed by atoms with Gasteiger partial charge in [-0.15, -0.1) is 0 Å². The maximum atomic E-state index is 13.4. The van der Waals surface area contributed by atoms with Crippen LogP contribution in [0.2, 0.25) is 5.02 Å². The lowest BCUT2D eigenvalue weighted by Gasteiger charge is -2.25. The summed E-state index contributed by atoms with van der Waals surface area (Å²) >= 11 is 6.29. The van der Waals surface area contributed by atoms with E-state index in [2.05, 4.69) is 43.0 Å². The number of carbonyl (C=O) groups is 1. The van der Waals surface area contributed by atoms with E-state index in [0.29, 0.717) is 11.4 Å². The Morgan fingerprint density at radius 1 is 1.10 bits per heavy atom. The molecule has 5 nitrogen and oxygen atoms in total. The van der Waals surface area contributed by atoms with Crippen molar-refractivity contribution in [2.45, 2.75) is 39.5 Å². The first-order valence-corrected chi connectivity index (χ1v) is 11.7. The molecule has 6 heteroatoms. The summed E-state index contributed by atoms with van der Waals surface area (Å²) in [6.45, 7) is 9.01. The van der Waals surface area contributed by atoms with Gasteiger partial charge in [0, 0.05) is 31.4 Å². The molecule has 0 spiro atoms. The highest BCUT2D eigenvalue weighted by atomic mass is 35.5. The summed E-state index contributed by atoms with van der Waals surface area (Å²) in [6.07, 6.45) is 5.66. The number of amides is 1. The van der Waals surface area contributed by atoms with Crippen LogP contribution in [0, 0.1) is 6.92 Å². The molecule has 1 amide bonds. The van der Waals surface area contributed by atoms with Crippen molar-refractivity contribution >= 4 is 23.2 Å². The van der Waals surface area contributed by atoms with E-state index in [1.54, 1.807) is 0 Å². The SMILES string of the molecule is CCCN(CCN1CCCC1)C(=O)Cc1c(-c2ccc(C)cc2)nc2ccc(Cl)cn12. The van der Waals surface area contributed by atoms with Gasteiger partial charge in [-0.3, -0.25) is 4.79 Å². The van der Waals surface area contributed by atoms with Crippen molar-refractivity contribution < 1.29 is 4.79 Å². The van der Waals surface area contributed by atoms with Crippen molar-refractivity contribution in [1.29, 1.82) is 0 Å². The van der Waals surface area contributed by atoms with Crippen LogP contribution in [0.25, 0.3) is 16.9 Å². The van der Waals surface area contributed by atoms with Gasteiger partial charge < -0.3 is 14.2 Å². The number of halogens is 1. The van der Waals surface area contributed by atoms with E-state index in [1.807, 2.05) is 27.6 Å². The molecule has 1 aliphatic heterocycles. The van der Waals surface area contributed by atoms with Crippen LogP contribution in [0.3, 0.4) is 0 Å². The Hall–Kier alpha value is -2.37. The second-order valence-electron chi connectivity index (χ2n) is 8.45. The summed E-state index contributed by atoms with van der Waals surface area (Å²) in [6, 6.07) is 12.1. The summed E-state index contributed by atoms with van der Waals surface area (Å²) in [5, 5.41) is 0.633. The molecule has 1 aliphatic rings. The molecule has 1 saturated heterocycles. The summed E-state index contributed by atoms with van der Waals surface area (Å²) in [5.74, 6) is 0.149. The molecule has 1 aromatic carbocycles. The summed E-state index contributed by atoms with van der Waals surface area (Å²) < 4.78 is 1.97. The third-order valence-corrected chi connectivity index (χ3v) is 6.28. The number of aromatic nitrogens is 2. The predicted octanol–water partition coefficient (Wildman–Crippen LogP) is 4.84. The van der Waals surface area contributed by atoms with Crippen molar-refractivity contribution in [1.82, 2.24) is 19.2 Å². The van der Waals surface area contributed by atoms with Crippen LogP contribution in [-0.4, -0.2) is 57.8 Å². The van der Waals surface area contributed by atoms with Crippen LogP contribution >= 0.6 is 11.6 Å². The van der Waals surface area contributed by atoms with Crippen molar-refractivity contribution in [3.8, 4) is 11.3 Å². The van der Waals surface area contributed by atoms with Crippen LogP contribution in [0.1, 0.15) is 37.4 Å². The fourth-order valence-electron chi connectivity index (χ4n) is 4.33. The number of rotatable bonds is 8. The van der Waals surface area contributed by atoms with E-state index in [4.69, 9.17) is 16.6 Å².